The molecule has 41 heavy (non-hydrogen) atoms. The first-order chi connectivity index (χ1) is 20.0. The van der Waals surface area contributed by atoms with E-state index in [0.717, 1.165) is 32.0 Å². The number of likely N-dealkylation sites (tertiary alicyclic amines) is 2. The topological polar surface area (TPSA) is 43.8 Å². The van der Waals surface area contributed by atoms with Gasteiger partial charge in [0.1, 0.15) is 6.04 Å². The lowest BCUT2D eigenvalue weighted by Crippen LogP contribution is -2.43. The largest absolute Gasteiger partial charge is 0.480 e. The van der Waals surface area contributed by atoms with Gasteiger partial charge in [0, 0.05) is 25.6 Å². The van der Waals surface area contributed by atoms with Crippen LogP contribution in [0.1, 0.15) is 107 Å². The number of carboxylic acid groups (broad SMARTS) is 1. The molecule has 0 spiro atoms. The van der Waals surface area contributed by atoms with Crippen LogP contribution < -0.4 is 0 Å². The third kappa shape index (κ3) is 8.23. The van der Waals surface area contributed by atoms with Crippen molar-refractivity contribution in [1.29, 1.82) is 0 Å². The van der Waals surface area contributed by atoms with Gasteiger partial charge in [0.05, 0.1) is 0 Å². The molecule has 5 rings (SSSR count). The highest BCUT2D eigenvalue weighted by Gasteiger charge is 2.41. The van der Waals surface area contributed by atoms with Crippen LogP contribution in [0, 0.1) is 17.8 Å². The number of piperidine rings is 1. The van der Waals surface area contributed by atoms with Gasteiger partial charge in [-0.3, -0.25) is 9.69 Å². The number of aryl methyl sites for hydroxylation is 1. The zero-order valence-corrected chi connectivity index (χ0v) is 25.7. The van der Waals surface area contributed by atoms with Crippen molar-refractivity contribution in [2.75, 3.05) is 32.7 Å². The zero-order valence-electron chi connectivity index (χ0n) is 25.7. The third-order valence-corrected chi connectivity index (χ3v) is 10.8. The van der Waals surface area contributed by atoms with E-state index in [4.69, 9.17) is 0 Å². The molecule has 0 amide bonds. The molecule has 0 bridgehead atoms. The first-order valence-electron chi connectivity index (χ1n) is 16.8. The fourth-order valence-corrected chi connectivity index (χ4v) is 7.87. The summed E-state index contributed by atoms with van der Waals surface area (Å²) in [5.41, 5.74) is 4.36. The van der Waals surface area contributed by atoms with Crippen LogP contribution in [-0.4, -0.2) is 59.6 Å². The summed E-state index contributed by atoms with van der Waals surface area (Å²) in [6, 6.07) is 20.0. The van der Waals surface area contributed by atoms with Gasteiger partial charge in [0.15, 0.2) is 0 Å². The minimum Gasteiger partial charge on any atom is -0.480 e. The Morgan fingerprint density at radius 1 is 0.951 bits per heavy atom. The highest BCUT2D eigenvalue weighted by atomic mass is 16.4. The molecule has 1 N–H and O–H groups in total. The SMILES string of the molecule is CCCC(C)c1ccc(CCCC2CCN(CC3CN([C@@H](CC4CCC4)C(=O)O)CC3c3ccccc3)CC2)cc1. The maximum atomic E-state index is 12.3. The van der Waals surface area contributed by atoms with E-state index in [0.29, 0.717) is 23.7 Å². The molecule has 4 atom stereocenters. The number of carbonyl (C=O) groups is 1. The molecule has 2 aromatic rings. The van der Waals surface area contributed by atoms with Gasteiger partial charge in [-0.15, -0.1) is 0 Å². The molecule has 3 aliphatic rings. The van der Waals surface area contributed by atoms with Gasteiger partial charge in [0.2, 0.25) is 0 Å². The van der Waals surface area contributed by atoms with Gasteiger partial charge in [-0.25, -0.2) is 0 Å². The summed E-state index contributed by atoms with van der Waals surface area (Å²) in [5, 5.41) is 10.1. The van der Waals surface area contributed by atoms with Crippen LogP contribution in [0.25, 0.3) is 0 Å². The molecule has 1 saturated carbocycles. The molecule has 3 fully saturated rings. The van der Waals surface area contributed by atoms with Crippen LogP contribution in [0.5, 0.6) is 0 Å². The second-order valence-corrected chi connectivity index (χ2v) is 13.7. The summed E-state index contributed by atoms with van der Waals surface area (Å²) in [6.07, 6.45) is 13.5. The monoisotopic (exact) mass is 558 g/mol. The smallest absolute Gasteiger partial charge is 0.320 e. The van der Waals surface area contributed by atoms with Gasteiger partial charge in [-0.05, 0) is 92.0 Å². The normalized spacial score (nSPS) is 24.2. The van der Waals surface area contributed by atoms with Crippen LogP contribution in [0.2, 0.25) is 0 Å². The molecule has 4 heteroatoms. The average Bonchev–Trinajstić information content (AvgIpc) is 3.37. The van der Waals surface area contributed by atoms with Crippen LogP contribution in [0.4, 0.5) is 0 Å². The predicted molar refractivity (Wildman–Crippen MR) is 169 cm³/mol. The van der Waals surface area contributed by atoms with Crippen molar-refractivity contribution in [3.05, 3.63) is 71.3 Å². The standard InChI is InChI=1S/C37H54N2O2/c1-3-9-28(2)32-18-16-29(17-19-32)10-7-11-30-20-22-38(23-21-30)25-34-26-39(27-35(34)33-14-5-4-6-15-33)36(37(40)41)24-31-12-8-13-31/h4-6,14-19,28,30-31,34-36H,3,7-13,20-27H2,1-2H3,(H,40,41)/t28?,34?,35?,36-/m0/s1. The Morgan fingerprint density at radius 3 is 2.32 bits per heavy atom. The number of rotatable bonds is 14. The first-order valence-corrected chi connectivity index (χ1v) is 16.8. The van der Waals surface area contributed by atoms with Crippen molar-refractivity contribution >= 4 is 5.97 Å². The van der Waals surface area contributed by atoms with Crippen LogP contribution in [-0.2, 0) is 11.2 Å². The number of hydrogen-bond acceptors (Lipinski definition) is 3. The fourth-order valence-electron chi connectivity index (χ4n) is 7.87. The van der Waals surface area contributed by atoms with Crippen molar-refractivity contribution in [3.8, 4) is 0 Å². The average molecular weight is 559 g/mol. The number of benzene rings is 2. The van der Waals surface area contributed by atoms with E-state index in [2.05, 4.69) is 78.2 Å². The lowest BCUT2D eigenvalue weighted by atomic mass is 9.80. The molecule has 1 aliphatic carbocycles. The van der Waals surface area contributed by atoms with Gasteiger partial charge in [0.25, 0.3) is 0 Å². The second kappa shape index (κ2) is 14.8. The molecule has 2 aliphatic heterocycles. The Bertz CT molecular complexity index is 1060. The molecule has 2 aromatic carbocycles. The Morgan fingerprint density at radius 2 is 1.68 bits per heavy atom. The molecule has 0 radical (unpaired) electrons. The quantitative estimate of drug-likeness (QED) is 0.255. The molecular weight excluding hydrogens is 504 g/mol. The summed E-state index contributed by atoms with van der Waals surface area (Å²) >= 11 is 0. The molecular formula is C37H54N2O2. The summed E-state index contributed by atoms with van der Waals surface area (Å²) in [6.45, 7) is 9.90. The summed E-state index contributed by atoms with van der Waals surface area (Å²) in [7, 11) is 0. The number of carboxylic acids is 1. The Labute approximate surface area is 249 Å². The Kier molecular flexibility index (Phi) is 11.0. The summed E-state index contributed by atoms with van der Waals surface area (Å²) < 4.78 is 0. The number of hydrogen-bond donors (Lipinski definition) is 1. The van der Waals surface area contributed by atoms with Crippen LogP contribution >= 0.6 is 0 Å². The number of aliphatic carboxylic acids is 1. The van der Waals surface area contributed by atoms with E-state index in [1.165, 1.54) is 94.0 Å². The maximum absolute atomic E-state index is 12.3. The van der Waals surface area contributed by atoms with Crippen LogP contribution in [0.3, 0.4) is 0 Å². The van der Waals surface area contributed by atoms with E-state index < -0.39 is 5.97 Å². The molecule has 224 valence electrons. The second-order valence-electron chi connectivity index (χ2n) is 13.7. The minimum atomic E-state index is -0.618. The molecule has 2 heterocycles. The van der Waals surface area contributed by atoms with E-state index in [1.807, 2.05) is 0 Å². The maximum Gasteiger partial charge on any atom is 0.320 e. The summed E-state index contributed by atoms with van der Waals surface area (Å²) in [4.78, 5) is 17.3. The van der Waals surface area contributed by atoms with Crippen LogP contribution in [0.15, 0.2) is 54.6 Å². The van der Waals surface area contributed by atoms with E-state index in [-0.39, 0.29) is 6.04 Å². The molecule has 2 saturated heterocycles. The van der Waals surface area contributed by atoms with Crippen molar-refractivity contribution in [1.82, 2.24) is 9.80 Å². The Hall–Kier alpha value is -2.17. The molecule has 3 unspecified atom stereocenters. The van der Waals surface area contributed by atoms with Crippen molar-refractivity contribution in [3.63, 3.8) is 0 Å². The Balaban J connectivity index is 1.10. The minimum absolute atomic E-state index is 0.321. The highest BCUT2D eigenvalue weighted by molar-refractivity contribution is 5.73. The summed E-state index contributed by atoms with van der Waals surface area (Å²) in [5.74, 6) is 2.43. The lowest BCUT2D eigenvalue weighted by Gasteiger charge is -2.35. The molecule has 4 nitrogen and oxygen atoms in total. The van der Waals surface area contributed by atoms with Crippen molar-refractivity contribution in [2.45, 2.75) is 102 Å². The predicted octanol–water partition coefficient (Wildman–Crippen LogP) is 7.98. The van der Waals surface area contributed by atoms with E-state index in [1.54, 1.807) is 0 Å². The highest BCUT2D eigenvalue weighted by Crippen LogP contribution is 2.38. The van der Waals surface area contributed by atoms with Gasteiger partial charge < -0.3 is 10.0 Å². The third-order valence-electron chi connectivity index (χ3n) is 10.8. The fraction of sp³-hybridized carbons (Fsp3) is 0.649. The van der Waals surface area contributed by atoms with Gasteiger partial charge in [-0.2, -0.15) is 0 Å². The zero-order chi connectivity index (χ0) is 28.6. The number of nitrogens with zero attached hydrogens (tertiary/aromatic N) is 2. The van der Waals surface area contributed by atoms with E-state index >= 15 is 0 Å². The van der Waals surface area contributed by atoms with Crippen molar-refractivity contribution in [2.24, 2.45) is 17.8 Å². The first kappa shape index (κ1) is 30.3. The van der Waals surface area contributed by atoms with Gasteiger partial charge in [-0.1, -0.05) is 101 Å². The lowest BCUT2D eigenvalue weighted by molar-refractivity contribution is -0.144. The van der Waals surface area contributed by atoms with E-state index in [9.17, 15) is 9.90 Å². The van der Waals surface area contributed by atoms with Crippen molar-refractivity contribution < 1.29 is 9.90 Å². The molecule has 0 aromatic heterocycles. The van der Waals surface area contributed by atoms with Gasteiger partial charge >= 0.3 is 5.97 Å².